The molecule has 0 aromatic heterocycles. The number of nitrogens with zero attached hydrogens (tertiary/aromatic N) is 1. The fourth-order valence-corrected chi connectivity index (χ4v) is 7.98. The van der Waals surface area contributed by atoms with E-state index in [9.17, 15) is 0 Å². The average molecular weight is 292 g/mol. The van der Waals surface area contributed by atoms with Crippen molar-refractivity contribution < 1.29 is 0 Å². The molecule has 3 fully saturated rings. The van der Waals surface area contributed by atoms with Crippen LogP contribution in [-0.4, -0.2) is 29.6 Å². The van der Waals surface area contributed by atoms with Crippen LogP contribution in [0.2, 0.25) is 0 Å². The van der Waals surface area contributed by atoms with Gasteiger partial charge >= 0.3 is 0 Å². The van der Waals surface area contributed by atoms with E-state index in [0.29, 0.717) is 22.8 Å². The average Bonchev–Trinajstić information content (AvgIpc) is 3.17. The molecule has 2 saturated carbocycles. The minimum Gasteiger partial charge on any atom is -0.378 e. The van der Waals surface area contributed by atoms with Crippen LogP contribution in [0.15, 0.2) is 36.4 Å². The quantitative estimate of drug-likeness (QED) is 0.737. The first-order valence-corrected chi connectivity index (χ1v) is 8.96. The summed E-state index contributed by atoms with van der Waals surface area (Å²) in [4.78, 5) is 2.80. The molecule has 2 heteroatoms. The van der Waals surface area contributed by atoms with Crippen molar-refractivity contribution in [3.8, 4) is 0 Å². The lowest BCUT2D eigenvalue weighted by molar-refractivity contribution is 0.0805. The molecule has 0 radical (unpaired) electrons. The molecule has 6 rings (SSSR count). The van der Waals surface area contributed by atoms with Crippen molar-refractivity contribution in [2.45, 2.75) is 43.7 Å². The van der Waals surface area contributed by atoms with Crippen LogP contribution in [-0.2, 0) is 5.41 Å². The molecule has 6 atom stereocenters. The maximum atomic E-state index is 4.11. The minimum absolute atomic E-state index is 0.269. The van der Waals surface area contributed by atoms with Crippen LogP contribution >= 0.6 is 0 Å². The van der Waals surface area contributed by atoms with Crippen LogP contribution in [0.25, 0.3) is 0 Å². The van der Waals surface area contributed by atoms with Crippen molar-refractivity contribution in [1.29, 1.82) is 0 Å². The number of para-hydroxylation sites is 1. The molecule has 3 spiro atoms. The Kier molecular flexibility index (Phi) is 1.83. The minimum atomic E-state index is 0.269. The van der Waals surface area contributed by atoms with E-state index in [-0.39, 0.29) is 5.54 Å². The molecule has 2 aliphatic carbocycles. The summed E-state index contributed by atoms with van der Waals surface area (Å²) in [5, 5.41) is 4.11. The molecule has 1 saturated heterocycles. The van der Waals surface area contributed by atoms with Gasteiger partial charge in [0.1, 0.15) is 0 Å². The molecule has 1 N–H and O–H groups in total. The summed E-state index contributed by atoms with van der Waals surface area (Å²) < 4.78 is 0. The molecule has 1 aromatic rings. The summed E-state index contributed by atoms with van der Waals surface area (Å²) in [6, 6.07) is 9.91. The summed E-state index contributed by atoms with van der Waals surface area (Å²) in [7, 11) is 0. The standard InChI is InChI=1S/C20H24N2/c1-13-12-18-8-5-10-22-11-9-19(17(18)22)15-6-3-4-7-16(15)21-20(13,19)14(18)2/h3-8,13-14,17,21H,9-12H2,1-2H3/t13-,14-,17+,18+,19-,20+/m1/s1. The monoisotopic (exact) mass is 292 g/mol. The predicted octanol–water partition coefficient (Wildman–Crippen LogP) is 3.41. The van der Waals surface area contributed by atoms with Gasteiger partial charge in [-0.15, -0.1) is 0 Å². The highest BCUT2D eigenvalue weighted by atomic mass is 15.3. The molecule has 114 valence electrons. The lowest BCUT2D eigenvalue weighted by Crippen LogP contribution is -2.60. The number of nitrogens with one attached hydrogen (secondary N) is 1. The molecule has 1 aromatic carbocycles. The van der Waals surface area contributed by atoms with Crippen molar-refractivity contribution in [2.24, 2.45) is 17.3 Å². The first kappa shape index (κ1) is 12.2. The first-order chi connectivity index (χ1) is 10.7. The Bertz CT molecular complexity index is 724. The van der Waals surface area contributed by atoms with Crippen LogP contribution in [0.4, 0.5) is 5.69 Å². The zero-order valence-corrected chi connectivity index (χ0v) is 13.5. The van der Waals surface area contributed by atoms with Gasteiger partial charge in [0.2, 0.25) is 0 Å². The highest BCUT2D eigenvalue weighted by molar-refractivity contribution is 5.71. The highest BCUT2D eigenvalue weighted by Gasteiger charge is 2.83. The van der Waals surface area contributed by atoms with Gasteiger partial charge in [-0.05, 0) is 42.9 Å². The summed E-state index contributed by atoms with van der Waals surface area (Å²) in [6.07, 6.45) is 7.78. The van der Waals surface area contributed by atoms with E-state index in [4.69, 9.17) is 0 Å². The Morgan fingerprint density at radius 1 is 1.23 bits per heavy atom. The van der Waals surface area contributed by atoms with E-state index < -0.39 is 0 Å². The van der Waals surface area contributed by atoms with Gasteiger partial charge in [-0.25, -0.2) is 0 Å². The predicted molar refractivity (Wildman–Crippen MR) is 89.0 cm³/mol. The van der Waals surface area contributed by atoms with Crippen molar-refractivity contribution in [2.75, 3.05) is 18.4 Å². The molecule has 2 nitrogen and oxygen atoms in total. The zero-order valence-electron chi connectivity index (χ0n) is 13.5. The number of benzene rings is 1. The lowest BCUT2D eigenvalue weighted by Gasteiger charge is -2.51. The second-order valence-corrected chi connectivity index (χ2v) is 8.50. The topological polar surface area (TPSA) is 15.3 Å². The summed E-state index contributed by atoms with van der Waals surface area (Å²) in [6.45, 7) is 7.48. The smallest absolute Gasteiger partial charge is 0.0546 e. The van der Waals surface area contributed by atoms with Gasteiger partial charge < -0.3 is 5.32 Å². The van der Waals surface area contributed by atoms with Crippen molar-refractivity contribution in [3.63, 3.8) is 0 Å². The van der Waals surface area contributed by atoms with E-state index in [1.807, 2.05) is 0 Å². The number of rotatable bonds is 0. The van der Waals surface area contributed by atoms with Crippen molar-refractivity contribution in [1.82, 2.24) is 4.90 Å². The third-order valence-corrected chi connectivity index (χ3v) is 8.32. The first-order valence-electron chi connectivity index (χ1n) is 8.96. The third kappa shape index (κ3) is 0.880. The van der Waals surface area contributed by atoms with Crippen LogP contribution in [0.5, 0.6) is 0 Å². The largest absolute Gasteiger partial charge is 0.378 e. The maximum Gasteiger partial charge on any atom is 0.0546 e. The number of hydrogen-bond donors (Lipinski definition) is 1. The summed E-state index contributed by atoms with van der Waals surface area (Å²) in [5.41, 5.74) is 4.05. The van der Waals surface area contributed by atoms with Gasteiger partial charge in [0.15, 0.2) is 0 Å². The van der Waals surface area contributed by atoms with E-state index in [1.54, 1.807) is 5.56 Å². The van der Waals surface area contributed by atoms with Gasteiger partial charge in [-0.3, -0.25) is 4.90 Å². The van der Waals surface area contributed by atoms with E-state index in [1.165, 1.54) is 25.1 Å². The molecular formula is C20H24N2. The number of anilines is 1. The molecule has 2 bridgehead atoms. The van der Waals surface area contributed by atoms with Gasteiger partial charge in [-0.2, -0.15) is 0 Å². The van der Waals surface area contributed by atoms with Gasteiger partial charge in [-0.1, -0.05) is 44.2 Å². The molecular weight excluding hydrogens is 268 g/mol. The zero-order chi connectivity index (χ0) is 14.7. The summed E-state index contributed by atoms with van der Waals surface area (Å²) >= 11 is 0. The van der Waals surface area contributed by atoms with E-state index in [2.05, 4.69) is 60.5 Å². The SMILES string of the molecule is C[C@@H]1C[C@@]23C=CCN4CC[C@@]5(c6ccccc6N[C@]15[C@@H]2C)[C@@H]43. The maximum absolute atomic E-state index is 4.11. The normalized spacial score (nSPS) is 53.3. The lowest BCUT2D eigenvalue weighted by atomic mass is 9.57. The van der Waals surface area contributed by atoms with Gasteiger partial charge in [0.25, 0.3) is 0 Å². The fraction of sp³-hybridized carbons (Fsp3) is 0.600. The molecule has 0 amide bonds. The second kappa shape index (κ2) is 3.31. The molecule has 3 aliphatic heterocycles. The Morgan fingerprint density at radius 3 is 3.00 bits per heavy atom. The third-order valence-electron chi connectivity index (χ3n) is 8.32. The molecule has 3 heterocycles. The van der Waals surface area contributed by atoms with E-state index >= 15 is 0 Å². The Balaban J connectivity index is 1.74. The fourth-order valence-electron chi connectivity index (χ4n) is 7.98. The van der Waals surface area contributed by atoms with Crippen LogP contribution in [0, 0.1) is 17.3 Å². The van der Waals surface area contributed by atoms with Crippen molar-refractivity contribution in [3.05, 3.63) is 42.0 Å². The number of hydrogen-bond acceptors (Lipinski definition) is 2. The van der Waals surface area contributed by atoms with Gasteiger partial charge in [0.05, 0.1) is 5.54 Å². The molecule has 0 unspecified atom stereocenters. The van der Waals surface area contributed by atoms with E-state index in [0.717, 1.165) is 12.5 Å². The second-order valence-electron chi connectivity index (χ2n) is 8.50. The molecule has 22 heavy (non-hydrogen) atoms. The van der Waals surface area contributed by atoms with Crippen LogP contribution in [0.3, 0.4) is 0 Å². The van der Waals surface area contributed by atoms with Crippen molar-refractivity contribution >= 4 is 5.69 Å². The Labute approximate surface area is 132 Å². The summed E-state index contributed by atoms with van der Waals surface area (Å²) in [5.74, 6) is 1.46. The van der Waals surface area contributed by atoms with Crippen LogP contribution < -0.4 is 5.32 Å². The van der Waals surface area contributed by atoms with Gasteiger partial charge in [0, 0.05) is 29.1 Å². The Hall–Kier alpha value is -1.28. The Morgan fingerprint density at radius 2 is 2.09 bits per heavy atom. The van der Waals surface area contributed by atoms with Crippen LogP contribution in [0.1, 0.15) is 32.3 Å². The highest BCUT2D eigenvalue weighted by Crippen LogP contribution is 2.78. The molecule has 5 aliphatic rings. The number of fused-ring (bicyclic) bond motifs is 1.